The molecule has 1 saturated heterocycles. The molecule has 1 unspecified atom stereocenters. The van der Waals surface area contributed by atoms with Crippen molar-refractivity contribution < 1.29 is 14.3 Å². The second kappa shape index (κ2) is 9.31. The van der Waals surface area contributed by atoms with Crippen LogP contribution in [-0.2, 0) is 6.54 Å². The Bertz CT molecular complexity index is 823. The van der Waals surface area contributed by atoms with Crippen LogP contribution in [0.2, 0.25) is 0 Å². The van der Waals surface area contributed by atoms with Crippen LogP contribution in [0.1, 0.15) is 60.6 Å². The highest BCUT2D eigenvalue weighted by Crippen LogP contribution is 2.30. The smallest absolute Gasteiger partial charge is 0.272 e. The molecule has 2 heterocycles. The number of ether oxygens (including phenoxy) is 2. The summed E-state index contributed by atoms with van der Waals surface area (Å²) in [6.07, 6.45) is 8.94. The third-order valence-electron chi connectivity index (χ3n) is 5.80. The monoisotopic (exact) mass is 398 g/mol. The summed E-state index contributed by atoms with van der Waals surface area (Å²) >= 11 is 0. The van der Waals surface area contributed by atoms with Crippen LogP contribution >= 0.6 is 0 Å². The van der Waals surface area contributed by atoms with Crippen molar-refractivity contribution in [2.45, 2.75) is 57.2 Å². The van der Waals surface area contributed by atoms with E-state index in [9.17, 15) is 4.79 Å². The van der Waals surface area contributed by atoms with Crippen LogP contribution in [0, 0.1) is 0 Å². The molecule has 29 heavy (non-hydrogen) atoms. The maximum Gasteiger partial charge on any atom is 0.272 e. The van der Waals surface area contributed by atoms with Gasteiger partial charge in [0.1, 0.15) is 17.2 Å². The summed E-state index contributed by atoms with van der Waals surface area (Å²) in [6.45, 7) is 2.34. The zero-order valence-corrected chi connectivity index (χ0v) is 17.0. The van der Waals surface area contributed by atoms with E-state index >= 15 is 0 Å². The van der Waals surface area contributed by atoms with Crippen molar-refractivity contribution in [1.82, 2.24) is 20.4 Å². The number of methoxy groups -OCH3 is 1. The first-order valence-electron chi connectivity index (χ1n) is 10.6. The Morgan fingerprint density at radius 3 is 2.86 bits per heavy atom. The van der Waals surface area contributed by atoms with Crippen molar-refractivity contribution in [3.8, 4) is 11.5 Å². The Morgan fingerprint density at radius 1 is 1.24 bits per heavy atom. The number of benzene rings is 1. The number of nitrogens with zero attached hydrogens (tertiary/aromatic N) is 2. The Morgan fingerprint density at radius 2 is 2.10 bits per heavy atom. The first-order valence-corrected chi connectivity index (χ1v) is 10.6. The summed E-state index contributed by atoms with van der Waals surface area (Å²) in [5, 5.41) is 10.9. The van der Waals surface area contributed by atoms with Gasteiger partial charge in [0.25, 0.3) is 5.91 Å². The largest absolute Gasteiger partial charge is 0.497 e. The molecule has 1 amide bonds. The van der Waals surface area contributed by atoms with Gasteiger partial charge in [-0.2, -0.15) is 5.10 Å². The normalized spacial score (nSPS) is 19.8. The predicted octanol–water partition coefficient (Wildman–Crippen LogP) is 3.07. The molecule has 2 aromatic rings. The molecule has 1 aromatic carbocycles. The van der Waals surface area contributed by atoms with E-state index in [0.29, 0.717) is 18.3 Å². The number of rotatable bonds is 7. The number of carbonyl (C=O) groups excluding carboxylic acids is 1. The maximum absolute atomic E-state index is 12.6. The summed E-state index contributed by atoms with van der Waals surface area (Å²) < 4.78 is 13.5. The highest BCUT2D eigenvalue weighted by atomic mass is 16.5. The van der Waals surface area contributed by atoms with Crippen LogP contribution in [0.25, 0.3) is 0 Å². The van der Waals surface area contributed by atoms with E-state index < -0.39 is 0 Å². The summed E-state index contributed by atoms with van der Waals surface area (Å²) in [4.78, 5) is 12.6. The molecule has 7 nitrogen and oxygen atoms in total. The van der Waals surface area contributed by atoms with Crippen molar-refractivity contribution in [3.63, 3.8) is 0 Å². The van der Waals surface area contributed by atoms with E-state index in [4.69, 9.17) is 9.47 Å². The highest BCUT2D eigenvalue weighted by molar-refractivity contribution is 5.92. The fourth-order valence-corrected chi connectivity index (χ4v) is 4.09. The second-order valence-electron chi connectivity index (χ2n) is 7.86. The van der Waals surface area contributed by atoms with Crippen LogP contribution in [0.15, 0.2) is 30.5 Å². The fraction of sp³-hybridized carbons (Fsp3) is 0.545. The number of aromatic nitrogens is 2. The molecule has 1 atom stereocenters. The first-order chi connectivity index (χ1) is 14.2. The van der Waals surface area contributed by atoms with Crippen molar-refractivity contribution in [3.05, 3.63) is 41.7 Å². The maximum atomic E-state index is 12.6. The SMILES string of the molecule is COc1ccc(CNC(=O)c2ccn(C3CCCNC3)n2)c(OC2CCCC2)c1. The molecule has 2 aliphatic rings. The van der Waals surface area contributed by atoms with Gasteiger partial charge in [0.2, 0.25) is 0 Å². The third kappa shape index (κ3) is 4.90. The molecule has 1 aliphatic carbocycles. The van der Waals surface area contributed by atoms with Gasteiger partial charge in [0.15, 0.2) is 0 Å². The molecular formula is C22H30N4O3. The standard InChI is InChI=1S/C22H30N4O3/c1-28-19-9-8-16(21(13-19)29-18-6-2-3-7-18)14-24-22(27)20-10-12-26(25-20)17-5-4-11-23-15-17/h8-10,12-13,17-18,23H,2-7,11,14-15H2,1H3,(H,24,27). The van der Waals surface area contributed by atoms with E-state index in [1.165, 1.54) is 12.8 Å². The molecule has 0 spiro atoms. The average Bonchev–Trinajstić information content (AvgIpc) is 3.45. The molecule has 4 rings (SSSR count). The van der Waals surface area contributed by atoms with Crippen LogP contribution in [0.5, 0.6) is 11.5 Å². The quantitative estimate of drug-likeness (QED) is 0.750. The molecule has 1 aliphatic heterocycles. The number of nitrogens with one attached hydrogen (secondary N) is 2. The van der Waals surface area contributed by atoms with Crippen molar-refractivity contribution in [2.24, 2.45) is 0 Å². The van der Waals surface area contributed by atoms with Gasteiger partial charge in [0.05, 0.1) is 19.3 Å². The summed E-state index contributed by atoms with van der Waals surface area (Å²) in [6, 6.07) is 7.86. The number of hydrogen-bond donors (Lipinski definition) is 2. The lowest BCUT2D eigenvalue weighted by molar-refractivity contribution is 0.0944. The van der Waals surface area contributed by atoms with Gasteiger partial charge in [-0.1, -0.05) is 0 Å². The number of amides is 1. The van der Waals surface area contributed by atoms with Gasteiger partial charge in [-0.05, 0) is 63.3 Å². The molecule has 1 aromatic heterocycles. The molecule has 2 fully saturated rings. The third-order valence-corrected chi connectivity index (χ3v) is 5.80. The minimum Gasteiger partial charge on any atom is -0.497 e. The zero-order chi connectivity index (χ0) is 20.1. The molecular weight excluding hydrogens is 368 g/mol. The Labute approximate surface area is 171 Å². The van der Waals surface area contributed by atoms with Gasteiger partial charge in [-0.25, -0.2) is 0 Å². The fourth-order valence-electron chi connectivity index (χ4n) is 4.09. The summed E-state index contributed by atoms with van der Waals surface area (Å²) in [7, 11) is 1.65. The van der Waals surface area contributed by atoms with Gasteiger partial charge in [-0.3, -0.25) is 9.48 Å². The number of carbonyl (C=O) groups is 1. The van der Waals surface area contributed by atoms with Crippen LogP contribution < -0.4 is 20.1 Å². The molecule has 0 bridgehead atoms. The van der Waals surface area contributed by atoms with Crippen molar-refractivity contribution in [2.75, 3.05) is 20.2 Å². The predicted molar refractivity (Wildman–Crippen MR) is 110 cm³/mol. The Kier molecular flexibility index (Phi) is 6.34. The van der Waals surface area contributed by atoms with E-state index in [0.717, 1.165) is 55.8 Å². The van der Waals surface area contributed by atoms with E-state index in [-0.39, 0.29) is 12.0 Å². The summed E-state index contributed by atoms with van der Waals surface area (Å²) in [5.41, 5.74) is 1.39. The van der Waals surface area contributed by atoms with Crippen molar-refractivity contribution >= 4 is 5.91 Å². The van der Waals surface area contributed by atoms with E-state index in [1.54, 1.807) is 13.2 Å². The summed E-state index contributed by atoms with van der Waals surface area (Å²) in [5.74, 6) is 1.37. The van der Waals surface area contributed by atoms with Crippen LogP contribution in [0.4, 0.5) is 0 Å². The van der Waals surface area contributed by atoms with Crippen LogP contribution in [0.3, 0.4) is 0 Å². The Balaban J connectivity index is 1.40. The van der Waals surface area contributed by atoms with Gasteiger partial charge in [0, 0.05) is 30.9 Å². The van der Waals surface area contributed by atoms with E-state index in [2.05, 4.69) is 15.7 Å². The first kappa shape index (κ1) is 19.8. The number of hydrogen-bond acceptors (Lipinski definition) is 5. The van der Waals surface area contributed by atoms with Gasteiger partial charge < -0.3 is 20.1 Å². The van der Waals surface area contributed by atoms with Crippen LogP contribution in [-0.4, -0.2) is 42.0 Å². The van der Waals surface area contributed by atoms with E-state index in [1.807, 2.05) is 29.1 Å². The minimum atomic E-state index is -0.171. The lowest BCUT2D eigenvalue weighted by Crippen LogP contribution is -2.32. The average molecular weight is 399 g/mol. The molecule has 0 radical (unpaired) electrons. The van der Waals surface area contributed by atoms with Crippen molar-refractivity contribution in [1.29, 1.82) is 0 Å². The van der Waals surface area contributed by atoms with Gasteiger partial charge >= 0.3 is 0 Å². The number of piperidine rings is 1. The lowest BCUT2D eigenvalue weighted by atomic mass is 10.1. The minimum absolute atomic E-state index is 0.171. The zero-order valence-electron chi connectivity index (χ0n) is 17.0. The molecule has 156 valence electrons. The topological polar surface area (TPSA) is 77.4 Å². The van der Waals surface area contributed by atoms with Gasteiger partial charge in [-0.15, -0.1) is 0 Å². The Hall–Kier alpha value is -2.54. The lowest BCUT2D eigenvalue weighted by Gasteiger charge is -2.22. The molecule has 2 N–H and O–H groups in total. The molecule has 1 saturated carbocycles. The highest BCUT2D eigenvalue weighted by Gasteiger charge is 2.20. The second-order valence-corrected chi connectivity index (χ2v) is 7.86. The molecule has 7 heteroatoms.